The van der Waals surface area contributed by atoms with Gasteiger partial charge in [-0.1, -0.05) is 6.92 Å². The number of anilines is 1. The summed E-state index contributed by atoms with van der Waals surface area (Å²) in [6, 6.07) is 4.29. The molecule has 0 radical (unpaired) electrons. The Morgan fingerprint density at radius 2 is 2.36 bits per heavy atom. The first-order chi connectivity index (χ1) is 12.0. The van der Waals surface area contributed by atoms with E-state index in [-0.39, 0.29) is 18.4 Å². The maximum atomic E-state index is 12.1. The lowest BCUT2D eigenvalue weighted by Crippen LogP contribution is -2.52. The van der Waals surface area contributed by atoms with Crippen molar-refractivity contribution >= 4 is 22.8 Å². The van der Waals surface area contributed by atoms with Crippen LogP contribution in [0.15, 0.2) is 12.3 Å². The van der Waals surface area contributed by atoms with Gasteiger partial charge in [0, 0.05) is 26.3 Å². The van der Waals surface area contributed by atoms with Crippen LogP contribution in [0.2, 0.25) is 0 Å². The number of carbonyl (C=O) groups excluding carboxylic acids is 1. The van der Waals surface area contributed by atoms with Crippen molar-refractivity contribution in [3.63, 3.8) is 0 Å². The second kappa shape index (κ2) is 6.97. The maximum absolute atomic E-state index is 12.1. The third-order valence-corrected chi connectivity index (χ3v) is 4.89. The van der Waals surface area contributed by atoms with Crippen molar-refractivity contribution < 1.29 is 9.53 Å². The number of aromatic amines is 1. The van der Waals surface area contributed by atoms with Gasteiger partial charge in [0.1, 0.15) is 17.9 Å². The van der Waals surface area contributed by atoms with Gasteiger partial charge in [-0.15, -0.1) is 0 Å². The average Bonchev–Trinajstić information content (AvgIpc) is 3.09. The molecule has 1 saturated heterocycles. The molecule has 3 heterocycles. The Balaban J connectivity index is 1.91. The topological polar surface area (TPSA) is 98.1 Å². The number of methoxy groups -OCH3 is 1. The number of likely N-dealkylation sites (tertiary alicyclic amines) is 1. The minimum Gasteiger partial charge on any atom is -0.467 e. The van der Waals surface area contributed by atoms with Crippen LogP contribution >= 0.6 is 0 Å². The van der Waals surface area contributed by atoms with Crippen molar-refractivity contribution in [3.8, 4) is 12.1 Å². The Bertz CT molecular complexity index is 811. The normalized spacial score (nSPS) is 20.3. The Labute approximate surface area is 146 Å². The lowest BCUT2D eigenvalue weighted by molar-refractivity contribution is -0.131. The fraction of sp³-hybridized carbons (Fsp3) is 0.529. The van der Waals surface area contributed by atoms with E-state index < -0.39 is 0 Å². The second-order valence-electron chi connectivity index (χ2n) is 6.39. The highest BCUT2D eigenvalue weighted by molar-refractivity contribution is 5.88. The second-order valence-corrected chi connectivity index (χ2v) is 6.39. The SMILES string of the molecule is COc1nc(N(C)C2CN(C(=O)CC#N)CCC2C)c2cc[nH]c2n1. The highest BCUT2D eigenvalue weighted by Crippen LogP contribution is 2.30. The number of likely N-dealkylation sites (N-methyl/N-ethyl adjacent to an activating group) is 1. The quantitative estimate of drug-likeness (QED) is 0.905. The smallest absolute Gasteiger partial charge is 0.320 e. The Hall–Kier alpha value is -2.82. The summed E-state index contributed by atoms with van der Waals surface area (Å²) in [6.07, 6.45) is 2.64. The molecule has 8 nitrogen and oxygen atoms in total. The van der Waals surface area contributed by atoms with E-state index in [0.29, 0.717) is 25.0 Å². The number of ether oxygens (including phenoxy) is 1. The van der Waals surface area contributed by atoms with E-state index in [9.17, 15) is 4.79 Å². The summed E-state index contributed by atoms with van der Waals surface area (Å²) in [6.45, 7) is 3.45. The van der Waals surface area contributed by atoms with Crippen molar-refractivity contribution in [2.75, 3.05) is 32.1 Å². The van der Waals surface area contributed by atoms with Crippen LogP contribution < -0.4 is 9.64 Å². The molecular formula is C17H22N6O2. The van der Waals surface area contributed by atoms with Crippen molar-refractivity contribution in [3.05, 3.63) is 12.3 Å². The number of hydrogen-bond acceptors (Lipinski definition) is 6. The van der Waals surface area contributed by atoms with Crippen molar-refractivity contribution in [1.29, 1.82) is 5.26 Å². The van der Waals surface area contributed by atoms with Gasteiger partial charge >= 0.3 is 6.01 Å². The van der Waals surface area contributed by atoms with E-state index in [1.165, 1.54) is 0 Å². The Morgan fingerprint density at radius 3 is 3.08 bits per heavy atom. The highest BCUT2D eigenvalue weighted by atomic mass is 16.5. The fourth-order valence-corrected chi connectivity index (χ4v) is 3.38. The zero-order valence-corrected chi connectivity index (χ0v) is 14.7. The summed E-state index contributed by atoms with van der Waals surface area (Å²) < 4.78 is 5.22. The number of carbonyl (C=O) groups is 1. The van der Waals surface area contributed by atoms with Gasteiger partial charge < -0.3 is 19.5 Å². The molecule has 1 aliphatic rings. The van der Waals surface area contributed by atoms with E-state index in [2.05, 4.69) is 26.8 Å². The van der Waals surface area contributed by atoms with Crippen LogP contribution in [0.1, 0.15) is 19.8 Å². The molecule has 1 N–H and O–H groups in total. The molecule has 132 valence electrons. The summed E-state index contributed by atoms with van der Waals surface area (Å²) >= 11 is 0. The van der Waals surface area contributed by atoms with Gasteiger partial charge in [0.25, 0.3) is 0 Å². The number of nitriles is 1. The van der Waals surface area contributed by atoms with Crippen LogP contribution in [0, 0.1) is 17.2 Å². The number of nitrogens with zero attached hydrogens (tertiary/aromatic N) is 5. The third-order valence-electron chi connectivity index (χ3n) is 4.89. The van der Waals surface area contributed by atoms with Crippen LogP contribution in [0.3, 0.4) is 0 Å². The zero-order chi connectivity index (χ0) is 18.0. The summed E-state index contributed by atoms with van der Waals surface area (Å²) in [5, 5.41) is 9.70. The number of aromatic nitrogens is 3. The van der Waals surface area contributed by atoms with Gasteiger partial charge in [0.2, 0.25) is 5.91 Å². The molecule has 0 aliphatic carbocycles. The van der Waals surface area contributed by atoms with E-state index in [1.54, 1.807) is 12.0 Å². The van der Waals surface area contributed by atoms with Gasteiger partial charge in [-0.05, 0) is 18.4 Å². The fourth-order valence-electron chi connectivity index (χ4n) is 3.38. The highest BCUT2D eigenvalue weighted by Gasteiger charge is 2.32. The number of hydrogen-bond donors (Lipinski definition) is 1. The predicted octanol–water partition coefficient (Wildman–Crippen LogP) is 1.55. The van der Waals surface area contributed by atoms with E-state index >= 15 is 0 Å². The molecule has 2 atom stereocenters. The summed E-state index contributed by atoms with van der Waals surface area (Å²) in [4.78, 5) is 27.9. The Morgan fingerprint density at radius 1 is 1.56 bits per heavy atom. The molecule has 2 aromatic rings. The molecule has 2 unspecified atom stereocenters. The van der Waals surface area contributed by atoms with E-state index in [0.717, 1.165) is 23.3 Å². The summed E-state index contributed by atoms with van der Waals surface area (Å²) in [7, 11) is 3.52. The van der Waals surface area contributed by atoms with E-state index in [1.807, 2.05) is 25.4 Å². The van der Waals surface area contributed by atoms with E-state index in [4.69, 9.17) is 10.00 Å². The lowest BCUT2D eigenvalue weighted by Gasteiger charge is -2.42. The lowest BCUT2D eigenvalue weighted by atomic mass is 9.92. The van der Waals surface area contributed by atoms with Crippen molar-refractivity contribution in [2.24, 2.45) is 5.92 Å². The number of H-pyrrole nitrogens is 1. The first kappa shape index (κ1) is 17.0. The molecule has 25 heavy (non-hydrogen) atoms. The van der Waals surface area contributed by atoms with Crippen molar-refractivity contribution in [2.45, 2.75) is 25.8 Å². The van der Waals surface area contributed by atoms with Crippen molar-refractivity contribution in [1.82, 2.24) is 19.9 Å². The number of piperidine rings is 1. The number of amides is 1. The summed E-state index contributed by atoms with van der Waals surface area (Å²) in [5.74, 6) is 1.06. The first-order valence-corrected chi connectivity index (χ1v) is 8.31. The first-order valence-electron chi connectivity index (χ1n) is 8.31. The van der Waals surface area contributed by atoms with Gasteiger partial charge in [-0.25, -0.2) is 0 Å². The molecule has 1 amide bonds. The molecule has 0 aromatic carbocycles. The molecule has 0 spiro atoms. The van der Waals surface area contributed by atoms with Crippen LogP contribution in [0.25, 0.3) is 11.0 Å². The minimum absolute atomic E-state index is 0.0752. The number of nitrogens with one attached hydrogen (secondary N) is 1. The van der Waals surface area contributed by atoms with Crippen LogP contribution in [-0.2, 0) is 4.79 Å². The van der Waals surface area contributed by atoms with Gasteiger partial charge in [0.05, 0.1) is 24.6 Å². The van der Waals surface area contributed by atoms with Gasteiger partial charge in [-0.2, -0.15) is 15.2 Å². The number of fused-ring (bicyclic) bond motifs is 1. The monoisotopic (exact) mass is 342 g/mol. The molecule has 8 heteroatoms. The average molecular weight is 342 g/mol. The molecular weight excluding hydrogens is 320 g/mol. The van der Waals surface area contributed by atoms with Crippen LogP contribution in [-0.4, -0.2) is 59.0 Å². The van der Waals surface area contributed by atoms with Crippen LogP contribution in [0.5, 0.6) is 6.01 Å². The molecule has 1 aliphatic heterocycles. The molecule has 0 bridgehead atoms. The molecule has 0 saturated carbocycles. The molecule has 2 aromatic heterocycles. The standard InChI is InChI=1S/C17H22N6O2/c1-11-6-9-23(14(24)4-7-18)10-13(11)22(2)16-12-5-8-19-15(12)20-17(21-16)25-3/h5,8,11,13H,4,6,9-10H2,1-3H3,(H,19,20,21). The minimum atomic E-state index is -0.111. The Kier molecular flexibility index (Phi) is 4.74. The third kappa shape index (κ3) is 3.22. The summed E-state index contributed by atoms with van der Waals surface area (Å²) in [5.41, 5.74) is 0.717. The molecule has 3 rings (SSSR count). The predicted molar refractivity (Wildman–Crippen MR) is 93.2 cm³/mol. The largest absolute Gasteiger partial charge is 0.467 e. The molecule has 1 fully saturated rings. The van der Waals surface area contributed by atoms with Gasteiger partial charge in [-0.3, -0.25) is 4.79 Å². The zero-order valence-electron chi connectivity index (χ0n) is 14.7. The van der Waals surface area contributed by atoms with Gasteiger partial charge in [0.15, 0.2) is 0 Å². The number of rotatable bonds is 4. The van der Waals surface area contributed by atoms with Crippen LogP contribution in [0.4, 0.5) is 5.82 Å². The maximum Gasteiger partial charge on any atom is 0.320 e.